The maximum absolute atomic E-state index is 12.5. The quantitative estimate of drug-likeness (QED) is 0.652. The largest absolute Gasteiger partial charge is 0.386 e. The van der Waals surface area contributed by atoms with Gasteiger partial charge in [-0.1, -0.05) is 0 Å². The molecule has 6 heteroatoms. The van der Waals surface area contributed by atoms with E-state index in [1.807, 2.05) is 18.2 Å². The van der Waals surface area contributed by atoms with Crippen LogP contribution in [-0.4, -0.2) is 53.9 Å². The van der Waals surface area contributed by atoms with Crippen molar-refractivity contribution in [1.29, 1.82) is 5.26 Å². The summed E-state index contributed by atoms with van der Waals surface area (Å²) in [4.78, 5) is 20.4. The minimum absolute atomic E-state index is 0.139. The maximum Gasteiger partial charge on any atom is 0.265 e. The van der Waals surface area contributed by atoms with Gasteiger partial charge in [-0.2, -0.15) is 5.26 Å². The summed E-state index contributed by atoms with van der Waals surface area (Å²) in [5.74, 6) is -0.218. The number of carbonyl (C=O) groups excluding carboxylic acids is 1. The zero-order chi connectivity index (χ0) is 16.7. The van der Waals surface area contributed by atoms with E-state index in [1.165, 1.54) is 6.20 Å². The fourth-order valence-electron chi connectivity index (χ4n) is 2.65. The van der Waals surface area contributed by atoms with Gasteiger partial charge in [-0.25, -0.2) is 0 Å². The molecule has 0 radical (unpaired) electrons. The van der Waals surface area contributed by atoms with E-state index in [4.69, 9.17) is 0 Å². The van der Waals surface area contributed by atoms with Crippen molar-refractivity contribution in [2.75, 3.05) is 27.2 Å². The first-order valence-corrected chi connectivity index (χ1v) is 7.80. The van der Waals surface area contributed by atoms with Crippen LogP contribution in [0.2, 0.25) is 0 Å². The Morgan fingerprint density at radius 1 is 1.48 bits per heavy atom. The van der Waals surface area contributed by atoms with Gasteiger partial charge in [-0.05, 0) is 50.7 Å². The number of rotatable bonds is 5. The van der Waals surface area contributed by atoms with Crippen LogP contribution >= 0.6 is 0 Å². The molecule has 1 aliphatic heterocycles. The van der Waals surface area contributed by atoms with Gasteiger partial charge >= 0.3 is 0 Å². The normalized spacial score (nSPS) is 16.7. The van der Waals surface area contributed by atoms with Crippen LogP contribution in [0.1, 0.15) is 18.4 Å². The van der Waals surface area contributed by atoms with Crippen LogP contribution < -0.4 is 5.32 Å². The molecule has 0 unspecified atom stereocenters. The van der Waals surface area contributed by atoms with Gasteiger partial charge in [-0.15, -0.1) is 0 Å². The molecule has 1 amide bonds. The number of piperidine rings is 1. The highest BCUT2D eigenvalue weighted by Crippen LogP contribution is 2.16. The topological polar surface area (TPSA) is 72.3 Å². The Balaban J connectivity index is 1.92. The molecular weight excluding hydrogens is 290 g/mol. The highest BCUT2D eigenvalue weighted by molar-refractivity contribution is 5.97. The van der Waals surface area contributed by atoms with Crippen LogP contribution in [-0.2, 0) is 11.3 Å². The second kappa shape index (κ2) is 8.30. The Labute approximate surface area is 137 Å². The van der Waals surface area contributed by atoms with E-state index in [9.17, 15) is 10.1 Å². The molecule has 2 rings (SSSR count). The number of hydrogen-bond acceptors (Lipinski definition) is 5. The number of likely N-dealkylation sites (tertiary alicyclic amines) is 1. The molecule has 122 valence electrons. The summed E-state index contributed by atoms with van der Waals surface area (Å²) in [6.07, 6.45) is 6.83. The fourth-order valence-corrected chi connectivity index (χ4v) is 2.65. The number of pyridine rings is 1. The number of aromatic nitrogens is 1. The first kappa shape index (κ1) is 17.0. The molecule has 0 aliphatic carbocycles. The second-order valence-corrected chi connectivity index (χ2v) is 5.86. The lowest BCUT2D eigenvalue weighted by Gasteiger charge is -2.34. The lowest BCUT2D eigenvalue weighted by Crippen LogP contribution is -2.45. The van der Waals surface area contributed by atoms with Crippen LogP contribution in [0.3, 0.4) is 0 Å². The minimum Gasteiger partial charge on any atom is -0.386 e. The molecule has 0 aromatic carbocycles. The maximum atomic E-state index is 12.5. The Hall–Kier alpha value is -2.39. The van der Waals surface area contributed by atoms with Crippen LogP contribution in [0.4, 0.5) is 0 Å². The summed E-state index contributed by atoms with van der Waals surface area (Å²) in [7, 11) is 3.87. The van der Waals surface area contributed by atoms with Gasteiger partial charge in [0.05, 0.1) is 0 Å². The van der Waals surface area contributed by atoms with Crippen LogP contribution in [0.15, 0.2) is 36.3 Å². The molecule has 0 bridgehead atoms. The Kier molecular flexibility index (Phi) is 6.12. The van der Waals surface area contributed by atoms with Crippen LogP contribution in [0, 0.1) is 11.3 Å². The van der Waals surface area contributed by atoms with Gasteiger partial charge in [0.2, 0.25) is 0 Å². The van der Waals surface area contributed by atoms with Crippen molar-refractivity contribution >= 4 is 5.91 Å². The predicted octanol–water partition coefficient (Wildman–Crippen LogP) is 1.13. The van der Waals surface area contributed by atoms with E-state index in [1.54, 1.807) is 24.3 Å². The SMILES string of the molecule is CN1CCC(N(C)C(=O)/C(C#N)=C\NCc2ccncc2)CC1. The third kappa shape index (κ3) is 4.80. The molecule has 1 fully saturated rings. The number of hydrogen-bond donors (Lipinski definition) is 1. The lowest BCUT2D eigenvalue weighted by atomic mass is 10.0. The van der Waals surface area contributed by atoms with Gasteiger partial charge in [0, 0.05) is 38.2 Å². The molecule has 0 saturated carbocycles. The van der Waals surface area contributed by atoms with Crippen molar-refractivity contribution in [3.63, 3.8) is 0 Å². The third-order valence-corrected chi connectivity index (χ3v) is 4.21. The minimum atomic E-state index is -0.218. The molecular formula is C17H23N5O. The van der Waals surface area contributed by atoms with Crippen molar-refractivity contribution in [2.45, 2.75) is 25.4 Å². The number of carbonyl (C=O) groups is 1. The van der Waals surface area contributed by atoms with E-state index >= 15 is 0 Å². The number of likely N-dealkylation sites (N-methyl/N-ethyl adjacent to an activating group) is 1. The highest BCUT2D eigenvalue weighted by atomic mass is 16.2. The first-order chi connectivity index (χ1) is 11.1. The van der Waals surface area contributed by atoms with Crippen molar-refractivity contribution in [3.05, 3.63) is 41.9 Å². The van der Waals surface area contributed by atoms with E-state index in [-0.39, 0.29) is 17.5 Å². The summed E-state index contributed by atoms with van der Waals surface area (Å²) in [5.41, 5.74) is 1.19. The Morgan fingerprint density at radius 2 is 2.13 bits per heavy atom. The molecule has 0 spiro atoms. The van der Waals surface area contributed by atoms with Crippen molar-refractivity contribution < 1.29 is 4.79 Å². The Bertz CT molecular complexity index is 585. The van der Waals surface area contributed by atoms with Gasteiger partial charge in [0.25, 0.3) is 5.91 Å². The molecule has 1 aliphatic rings. The molecule has 1 aromatic rings. The van der Waals surface area contributed by atoms with Gasteiger partial charge in [0.1, 0.15) is 11.6 Å². The van der Waals surface area contributed by atoms with Crippen LogP contribution in [0.25, 0.3) is 0 Å². The molecule has 1 aromatic heterocycles. The van der Waals surface area contributed by atoms with Crippen molar-refractivity contribution in [3.8, 4) is 6.07 Å². The van der Waals surface area contributed by atoms with E-state index in [0.29, 0.717) is 6.54 Å². The number of nitriles is 1. The van der Waals surface area contributed by atoms with Crippen LogP contribution in [0.5, 0.6) is 0 Å². The average molecular weight is 313 g/mol. The summed E-state index contributed by atoms with van der Waals surface area (Å²) in [6.45, 7) is 2.52. The van der Waals surface area contributed by atoms with Crippen molar-refractivity contribution in [1.82, 2.24) is 20.1 Å². The molecule has 1 saturated heterocycles. The standard InChI is InChI=1S/C17H23N5O/c1-21-9-5-16(6-10-21)22(2)17(23)15(11-18)13-20-12-14-3-7-19-8-4-14/h3-4,7-8,13,16,20H,5-6,9-10,12H2,1-2H3/b15-13-. The summed E-state index contributed by atoms with van der Waals surface area (Å²) in [5, 5.41) is 12.3. The molecule has 0 atom stereocenters. The van der Waals surface area contributed by atoms with E-state index in [0.717, 1.165) is 31.5 Å². The number of nitrogens with zero attached hydrogens (tertiary/aromatic N) is 4. The van der Waals surface area contributed by atoms with Crippen molar-refractivity contribution in [2.24, 2.45) is 0 Å². The summed E-state index contributed by atoms with van der Waals surface area (Å²) < 4.78 is 0. The highest BCUT2D eigenvalue weighted by Gasteiger charge is 2.25. The molecule has 1 N–H and O–H groups in total. The monoisotopic (exact) mass is 313 g/mol. The lowest BCUT2D eigenvalue weighted by molar-refractivity contribution is -0.128. The third-order valence-electron chi connectivity index (χ3n) is 4.21. The molecule has 2 heterocycles. The van der Waals surface area contributed by atoms with E-state index < -0.39 is 0 Å². The smallest absolute Gasteiger partial charge is 0.265 e. The molecule has 23 heavy (non-hydrogen) atoms. The van der Waals surface area contributed by atoms with E-state index in [2.05, 4.69) is 22.2 Å². The Morgan fingerprint density at radius 3 is 2.74 bits per heavy atom. The van der Waals surface area contributed by atoms with Gasteiger partial charge in [-0.3, -0.25) is 9.78 Å². The summed E-state index contributed by atoms with van der Waals surface area (Å²) >= 11 is 0. The number of amides is 1. The average Bonchev–Trinajstić information content (AvgIpc) is 2.59. The zero-order valence-corrected chi connectivity index (χ0v) is 13.7. The van der Waals surface area contributed by atoms with Gasteiger partial charge in [0.15, 0.2) is 0 Å². The summed E-state index contributed by atoms with van der Waals surface area (Å²) in [6, 6.07) is 5.98. The molecule has 6 nitrogen and oxygen atoms in total. The zero-order valence-electron chi connectivity index (χ0n) is 13.7. The number of nitrogens with one attached hydrogen (secondary N) is 1. The first-order valence-electron chi connectivity index (χ1n) is 7.80. The second-order valence-electron chi connectivity index (χ2n) is 5.86. The predicted molar refractivity (Wildman–Crippen MR) is 88.1 cm³/mol. The fraction of sp³-hybridized carbons (Fsp3) is 0.471. The van der Waals surface area contributed by atoms with Gasteiger partial charge < -0.3 is 15.1 Å².